The molecule has 1 aromatic carbocycles. The maximum absolute atomic E-state index is 11.9. The van der Waals surface area contributed by atoms with Crippen LogP contribution in [-0.2, 0) is 9.84 Å². The smallest absolute Gasteiger partial charge is 0.254 e. The van der Waals surface area contributed by atoms with Crippen molar-refractivity contribution < 1.29 is 17.9 Å². The number of hydrogen-bond donors (Lipinski definition) is 1. The van der Waals surface area contributed by atoms with Crippen molar-refractivity contribution in [2.24, 2.45) is 5.73 Å². The monoisotopic (exact) mass is 318 g/mol. The molecule has 7 heteroatoms. The van der Waals surface area contributed by atoms with Crippen LogP contribution >= 0.6 is 0 Å². The zero-order chi connectivity index (χ0) is 15.9. The summed E-state index contributed by atoms with van der Waals surface area (Å²) in [6.45, 7) is 0. The molecule has 0 spiro atoms. The van der Waals surface area contributed by atoms with Crippen LogP contribution in [0.5, 0.6) is 5.88 Å². The highest BCUT2D eigenvalue weighted by Gasteiger charge is 2.30. The number of hydrogen-bond acceptors (Lipinski definition) is 5. The molecular weight excluding hydrogens is 304 g/mol. The average Bonchev–Trinajstić information content (AvgIpc) is 2.84. The summed E-state index contributed by atoms with van der Waals surface area (Å²) in [6, 6.07) is 7.18. The van der Waals surface area contributed by atoms with Gasteiger partial charge in [-0.2, -0.15) is 0 Å². The first-order chi connectivity index (χ1) is 10.4. The number of pyridine rings is 1. The topological polar surface area (TPSA) is 99.3 Å². The maximum Gasteiger partial charge on any atom is 0.254 e. The van der Waals surface area contributed by atoms with Gasteiger partial charge in [0, 0.05) is 16.7 Å². The summed E-state index contributed by atoms with van der Waals surface area (Å²) in [6.07, 6.45) is 1.57. The van der Waals surface area contributed by atoms with Gasteiger partial charge in [-0.1, -0.05) is 24.3 Å². The van der Waals surface area contributed by atoms with Crippen LogP contribution < -0.4 is 10.5 Å². The number of ether oxygens (including phenoxy) is 1. The van der Waals surface area contributed by atoms with Crippen LogP contribution in [-0.4, -0.2) is 32.2 Å². The molecule has 1 aromatic heterocycles. The normalized spacial score (nSPS) is 19.4. The Morgan fingerprint density at radius 1 is 1.36 bits per heavy atom. The Balaban J connectivity index is 2.37. The third-order valence-corrected chi connectivity index (χ3v) is 5.04. The third-order valence-electron chi connectivity index (χ3n) is 3.64. The van der Waals surface area contributed by atoms with Crippen molar-refractivity contribution in [3.8, 4) is 5.88 Å². The van der Waals surface area contributed by atoms with Gasteiger partial charge in [-0.3, -0.25) is 4.79 Å². The Morgan fingerprint density at radius 2 is 2.09 bits per heavy atom. The lowest BCUT2D eigenvalue weighted by atomic mass is 9.92. The Labute approximate surface area is 127 Å². The highest BCUT2D eigenvalue weighted by molar-refractivity contribution is 7.94. The summed E-state index contributed by atoms with van der Waals surface area (Å²) in [4.78, 5) is 16.2. The number of aromatic nitrogens is 1. The lowest BCUT2D eigenvalue weighted by Crippen LogP contribution is -2.19. The second-order valence-corrected chi connectivity index (χ2v) is 6.99. The van der Waals surface area contributed by atoms with E-state index in [4.69, 9.17) is 10.5 Å². The van der Waals surface area contributed by atoms with E-state index in [1.165, 1.54) is 12.5 Å². The molecular formula is C15H14N2O4S. The van der Waals surface area contributed by atoms with E-state index in [2.05, 4.69) is 4.98 Å². The molecule has 114 valence electrons. The maximum atomic E-state index is 11.9. The zero-order valence-corrected chi connectivity index (χ0v) is 12.6. The Morgan fingerprint density at radius 3 is 2.68 bits per heavy atom. The molecule has 0 fully saturated rings. The molecule has 1 atom stereocenters. The number of rotatable bonds is 3. The largest absolute Gasteiger partial charge is 0.480 e. The van der Waals surface area contributed by atoms with Crippen molar-refractivity contribution in [2.75, 3.05) is 12.9 Å². The van der Waals surface area contributed by atoms with E-state index < -0.39 is 21.7 Å². The van der Waals surface area contributed by atoms with Gasteiger partial charge in [0.05, 0.1) is 18.4 Å². The van der Waals surface area contributed by atoms with E-state index in [1.807, 2.05) is 6.07 Å². The van der Waals surface area contributed by atoms with E-state index in [1.54, 1.807) is 24.3 Å². The van der Waals surface area contributed by atoms with Crippen molar-refractivity contribution in [1.29, 1.82) is 0 Å². The molecule has 2 aromatic rings. The van der Waals surface area contributed by atoms with Crippen LogP contribution in [0.2, 0.25) is 0 Å². The summed E-state index contributed by atoms with van der Waals surface area (Å²) in [7, 11) is -1.87. The number of carbonyl (C=O) groups is 1. The van der Waals surface area contributed by atoms with Crippen molar-refractivity contribution in [1.82, 2.24) is 4.98 Å². The van der Waals surface area contributed by atoms with Crippen molar-refractivity contribution in [3.05, 3.63) is 46.9 Å². The number of allylic oxidation sites excluding steroid dienone is 1. The van der Waals surface area contributed by atoms with Gasteiger partial charge in [0.1, 0.15) is 5.56 Å². The van der Waals surface area contributed by atoms with Gasteiger partial charge < -0.3 is 10.5 Å². The van der Waals surface area contributed by atoms with E-state index in [0.717, 1.165) is 0 Å². The number of benzene rings is 1. The standard InChI is InChI=1S/C15H14N2O4S/c1-21-15-13(14(16)18)12(9-6-7-22(19,20)8-9)10-4-2-3-5-11(10)17-15/h2-7,9H,8H2,1H3,(H2,16,18). The number of nitrogens with zero attached hydrogens (tertiary/aromatic N) is 1. The van der Waals surface area contributed by atoms with Crippen molar-refractivity contribution in [3.63, 3.8) is 0 Å². The summed E-state index contributed by atoms with van der Waals surface area (Å²) >= 11 is 0. The molecule has 0 radical (unpaired) electrons. The predicted molar refractivity (Wildman–Crippen MR) is 82.5 cm³/mol. The fourth-order valence-corrected chi connectivity index (χ4v) is 4.06. The number of fused-ring (bicyclic) bond motifs is 1. The summed E-state index contributed by atoms with van der Waals surface area (Å²) in [5.74, 6) is -1.12. The zero-order valence-electron chi connectivity index (χ0n) is 11.8. The fourth-order valence-electron chi connectivity index (χ4n) is 2.74. The average molecular weight is 318 g/mol. The van der Waals surface area contributed by atoms with Gasteiger partial charge in [-0.15, -0.1) is 0 Å². The molecule has 1 aliphatic heterocycles. The Hall–Kier alpha value is -2.41. The fraction of sp³-hybridized carbons (Fsp3) is 0.200. The molecule has 0 aliphatic carbocycles. The van der Waals surface area contributed by atoms with Crippen LogP contribution in [0.1, 0.15) is 21.8 Å². The molecule has 0 saturated carbocycles. The van der Waals surface area contributed by atoms with Gasteiger partial charge >= 0.3 is 0 Å². The molecule has 0 saturated heterocycles. The van der Waals surface area contributed by atoms with E-state index >= 15 is 0 Å². The minimum absolute atomic E-state index is 0.0928. The quantitative estimate of drug-likeness (QED) is 0.921. The SMILES string of the molecule is COc1nc2ccccc2c(C2C=CS(=O)(=O)C2)c1C(N)=O. The van der Waals surface area contributed by atoms with Crippen LogP contribution in [0.25, 0.3) is 10.9 Å². The molecule has 2 heterocycles. The van der Waals surface area contributed by atoms with Crippen molar-refractivity contribution in [2.45, 2.75) is 5.92 Å². The summed E-state index contributed by atoms with van der Waals surface area (Å²) in [5, 5.41) is 1.87. The molecule has 1 aliphatic rings. The molecule has 0 bridgehead atoms. The number of carbonyl (C=O) groups excluding carboxylic acids is 1. The number of methoxy groups -OCH3 is 1. The van der Waals surface area contributed by atoms with Gasteiger partial charge in [0.25, 0.3) is 5.91 Å². The van der Waals surface area contributed by atoms with Gasteiger partial charge in [0.15, 0.2) is 9.84 Å². The van der Waals surface area contributed by atoms with Crippen LogP contribution in [0, 0.1) is 0 Å². The third kappa shape index (κ3) is 2.33. The Bertz CT molecular complexity index is 903. The van der Waals surface area contributed by atoms with E-state index in [-0.39, 0.29) is 17.2 Å². The molecule has 3 rings (SSSR count). The first-order valence-electron chi connectivity index (χ1n) is 6.60. The van der Waals surface area contributed by atoms with Crippen LogP contribution in [0.15, 0.2) is 35.7 Å². The summed E-state index contributed by atoms with van der Waals surface area (Å²) < 4.78 is 28.7. The first-order valence-corrected chi connectivity index (χ1v) is 8.32. The second kappa shape index (κ2) is 5.10. The highest BCUT2D eigenvalue weighted by atomic mass is 32.2. The van der Waals surface area contributed by atoms with Gasteiger partial charge in [-0.25, -0.2) is 13.4 Å². The number of sulfone groups is 1. The predicted octanol–water partition coefficient (Wildman–Crippen LogP) is 1.37. The molecule has 6 nitrogen and oxygen atoms in total. The van der Waals surface area contributed by atoms with Gasteiger partial charge in [-0.05, 0) is 11.6 Å². The minimum Gasteiger partial charge on any atom is -0.480 e. The first kappa shape index (κ1) is 14.5. The highest BCUT2D eigenvalue weighted by Crippen LogP contribution is 2.37. The van der Waals surface area contributed by atoms with E-state index in [9.17, 15) is 13.2 Å². The lowest BCUT2D eigenvalue weighted by Gasteiger charge is -2.17. The molecule has 1 amide bonds. The molecule has 1 unspecified atom stereocenters. The number of nitrogens with two attached hydrogens (primary N) is 1. The van der Waals surface area contributed by atoms with E-state index in [0.29, 0.717) is 16.5 Å². The minimum atomic E-state index is -3.27. The van der Waals surface area contributed by atoms with Gasteiger partial charge in [0.2, 0.25) is 5.88 Å². The summed E-state index contributed by atoms with van der Waals surface area (Å²) in [5.41, 5.74) is 6.79. The Kier molecular flexibility index (Phi) is 3.37. The number of primary amides is 1. The molecule has 22 heavy (non-hydrogen) atoms. The number of para-hydroxylation sites is 1. The number of amides is 1. The van der Waals surface area contributed by atoms with Crippen LogP contribution in [0.4, 0.5) is 0 Å². The molecule has 2 N–H and O–H groups in total. The van der Waals surface area contributed by atoms with Crippen molar-refractivity contribution >= 4 is 26.6 Å². The van der Waals surface area contributed by atoms with Crippen LogP contribution in [0.3, 0.4) is 0 Å². The lowest BCUT2D eigenvalue weighted by molar-refractivity contribution is 0.0995. The second-order valence-electron chi connectivity index (χ2n) is 5.06.